The maximum Gasteiger partial charge on any atom is 0.124 e. The molecule has 2 aliphatic heterocycles. The van der Waals surface area contributed by atoms with Gasteiger partial charge in [-0.05, 0) is 47.4 Å². The summed E-state index contributed by atoms with van der Waals surface area (Å²) < 4.78 is 31.0. The fraction of sp³-hybridized carbons (Fsp3) is 0.478. The first-order chi connectivity index (χ1) is 14.9. The van der Waals surface area contributed by atoms with Crippen molar-refractivity contribution in [2.24, 2.45) is 0 Å². The van der Waals surface area contributed by atoms with E-state index in [-0.39, 0.29) is 6.10 Å². The van der Waals surface area contributed by atoms with Gasteiger partial charge in [0.1, 0.15) is 48.2 Å². The van der Waals surface area contributed by atoms with Gasteiger partial charge in [0.05, 0.1) is 19.8 Å². The summed E-state index contributed by atoms with van der Waals surface area (Å²) in [6, 6.07) is 11.9. The highest BCUT2D eigenvalue weighted by Gasteiger charge is 2.44. The van der Waals surface area contributed by atoms with Crippen molar-refractivity contribution in [3.8, 4) is 5.75 Å². The summed E-state index contributed by atoms with van der Waals surface area (Å²) in [5.74, 6) is 0.242. The quantitative estimate of drug-likeness (QED) is 0.539. The summed E-state index contributed by atoms with van der Waals surface area (Å²) in [4.78, 5) is 0. The molecule has 0 aromatic heterocycles. The second kappa shape index (κ2) is 9.60. The predicted molar refractivity (Wildman–Crippen MR) is 108 cm³/mol. The van der Waals surface area contributed by atoms with Gasteiger partial charge in [0.15, 0.2) is 0 Å². The lowest BCUT2D eigenvalue weighted by Gasteiger charge is -2.40. The highest BCUT2D eigenvalue weighted by atomic mass is 19.1. The SMILES string of the molecule is OCC1O[C@@H](c2cc(F)cc(Cc3ccc(OC4CCOC4)cc3)c2)[C@H](O)[C@@H](O)[C@@H]1O. The summed E-state index contributed by atoms with van der Waals surface area (Å²) >= 11 is 0. The number of hydrogen-bond donors (Lipinski definition) is 4. The van der Waals surface area contributed by atoms with Gasteiger partial charge in [0.25, 0.3) is 0 Å². The standard InChI is InChI=1S/C23H27FO7/c24-16-9-14(7-13-1-3-17(4-2-13)30-18-5-6-29-12-18)8-15(10-16)23-22(28)21(27)20(26)19(11-25)31-23/h1-4,8-10,18-23,25-28H,5-7,11-12H2/t18?,19?,20-,21+,22-,23+/m1/s1. The Morgan fingerprint density at radius 1 is 0.968 bits per heavy atom. The van der Waals surface area contributed by atoms with Crippen molar-refractivity contribution in [1.82, 2.24) is 0 Å². The van der Waals surface area contributed by atoms with E-state index < -0.39 is 42.9 Å². The first-order valence-electron chi connectivity index (χ1n) is 10.4. The highest BCUT2D eigenvalue weighted by molar-refractivity contribution is 5.34. The molecule has 0 spiro atoms. The van der Waals surface area contributed by atoms with Gasteiger partial charge in [-0.1, -0.05) is 18.2 Å². The highest BCUT2D eigenvalue weighted by Crippen LogP contribution is 2.33. The molecule has 6 atom stereocenters. The minimum Gasteiger partial charge on any atom is -0.488 e. The van der Waals surface area contributed by atoms with Crippen molar-refractivity contribution in [3.05, 3.63) is 65.0 Å². The zero-order valence-corrected chi connectivity index (χ0v) is 16.9. The van der Waals surface area contributed by atoms with Crippen LogP contribution in [0.4, 0.5) is 4.39 Å². The van der Waals surface area contributed by atoms with E-state index in [1.165, 1.54) is 12.1 Å². The smallest absolute Gasteiger partial charge is 0.124 e. The summed E-state index contributed by atoms with van der Waals surface area (Å²) in [5.41, 5.74) is 1.93. The van der Waals surface area contributed by atoms with Crippen molar-refractivity contribution in [2.75, 3.05) is 19.8 Å². The molecule has 31 heavy (non-hydrogen) atoms. The molecule has 2 aromatic carbocycles. The van der Waals surface area contributed by atoms with E-state index in [0.717, 1.165) is 17.7 Å². The van der Waals surface area contributed by atoms with E-state index >= 15 is 0 Å². The topological polar surface area (TPSA) is 109 Å². The van der Waals surface area contributed by atoms with E-state index in [2.05, 4.69) is 0 Å². The van der Waals surface area contributed by atoms with Crippen LogP contribution in [0, 0.1) is 5.82 Å². The third kappa shape index (κ3) is 5.06. The number of aliphatic hydroxyl groups is 4. The van der Waals surface area contributed by atoms with Crippen molar-refractivity contribution in [2.45, 2.75) is 49.5 Å². The van der Waals surface area contributed by atoms with Gasteiger partial charge >= 0.3 is 0 Å². The lowest BCUT2D eigenvalue weighted by Crippen LogP contribution is -2.55. The summed E-state index contributed by atoms with van der Waals surface area (Å²) in [6.07, 6.45) is -5.18. The average Bonchev–Trinajstić information content (AvgIpc) is 3.26. The molecule has 0 bridgehead atoms. The van der Waals surface area contributed by atoms with Gasteiger partial charge in [-0.3, -0.25) is 0 Å². The van der Waals surface area contributed by atoms with Gasteiger partial charge in [-0.25, -0.2) is 4.39 Å². The van der Waals surface area contributed by atoms with Crippen LogP contribution >= 0.6 is 0 Å². The second-order valence-electron chi connectivity index (χ2n) is 8.07. The van der Waals surface area contributed by atoms with Crippen LogP contribution in [0.15, 0.2) is 42.5 Å². The predicted octanol–water partition coefficient (Wildman–Crippen LogP) is 1.10. The third-order valence-corrected chi connectivity index (χ3v) is 5.72. The van der Waals surface area contributed by atoms with E-state index in [1.807, 2.05) is 24.3 Å². The second-order valence-corrected chi connectivity index (χ2v) is 8.07. The molecule has 4 rings (SSSR count). The number of rotatable bonds is 6. The van der Waals surface area contributed by atoms with Crippen LogP contribution in [-0.2, 0) is 15.9 Å². The maximum atomic E-state index is 14.3. The number of benzene rings is 2. The zero-order valence-electron chi connectivity index (χ0n) is 16.9. The Bertz CT molecular complexity index is 867. The molecular formula is C23H27FO7. The monoisotopic (exact) mass is 434 g/mol. The molecule has 8 heteroatoms. The Labute approximate surface area is 179 Å². The van der Waals surface area contributed by atoms with E-state index in [9.17, 15) is 24.8 Å². The average molecular weight is 434 g/mol. The van der Waals surface area contributed by atoms with Crippen LogP contribution in [0.3, 0.4) is 0 Å². The minimum atomic E-state index is -1.51. The lowest BCUT2D eigenvalue weighted by molar-refractivity contribution is -0.231. The molecule has 2 unspecified atom stereocenters. The molecule has 0 saturated carbocycles. The molecule has 2 heterocycles. The van der Waals surface area contributed by atoms with Crippen LogP contribution in [-0.4, -0.2) is 70.8 Å². The third-order valence-electron chi connectivity index (χ3n) is 5.72. The first-order valence-corrected chi connectivity index (χ1v) is 10.4. The van der Waals surface area contributed by atoms with Crippen LogP contribution in [0.25, 0.3) is 0 Å². The minimum absolute atomic E-state index is 0.0650. The molecule has 0 radical (unpaired) electrons. The van der Waals surface area contributed by atoms with Gasteiger partial charge in [0, 0.05) is 6.42 Å². The molecule has 2 aromatic rings. The Morgan fingerprint density at radius 2 is 1.74 bits per heavy atom. The number of ether oxygens (including phenoxy) is 3. The summed E-state index contributed by atoms with van der Waals surface area (Å²) in [5, 5.41) is 39.7. The molecular weight excluding hydrogens is 407 g/mol. The summed E-state index contributed by atoms with van der Waals surface area (Å²) in [7, 11) is 0. The maximum absolute atomic E-state index is 14.3. The van der Waals surface area contributed by atoms with Crippen LogP contribution in [0.1, 0.15) is 29.2 Å². The lowest BCUT2D eigenvalue weighted by atomic mass is 9.90. The van der Waals surface area contributed by atoms with E-state index in [0.29, 0.717) is 30.8 Å². The van der Waals surface area contributed by atoms with E-state index in [1.54, 1.807) is 6.07 Å². The largest absolute Gasteiger partial charge is 0.488 e. The summed E-state index contributed by atoms with van der Waals surface area (Å²) in [6.45, 7) is 0.760. The van der Waals surface area contributed by atoms with Crippen molar-refractivity contribution in [3.63, 3.8) is 0 Å². The Hall–Kier alpha value is -2.07. The fourth-order valence-corrected chi connectivity index (χ4v) is 4.04. The van der Waals surface area contributed by atoms with Gasteiger partial charge < -0.3 is 34.6 Å². The van der Waals surface area contributed by atoms with Crippen molar-refractivity contribution >= 4 is 0 Å². The van der Waals surface area contributed by atoms with Crippen LogP contribution in [0.5, 0.6) is 5.75 Å². The van der Waals surface area contributed by atoms with Crippen molar-refractivity contribution in [1.29, 1.82) is 0 Å². The molecule has 168 valence electrons. The molecule has 2 saturated heterocycles. The van der Waals surface area contributed by atoms with E-state index in [4.69, 9.17) is 14.2 Å². The molecule has 7 nitrogen and oxygen atoms in total. The number of aliphatic hydroxyl groups excluding tert-OH is 4. The number of halogens is 1. The normalized spacial score (nSPS) is 31.0. The van der Waals surface area contributed by atoms with Crippen LogP contribution in [0.2, 0.25) is 0 Å². The molecule has 2 fully saturated rings. The Kier molecular flexibility index (Phi) is 6.86. The fourth-order valence-electron chi connectivity index (χ4n) is 4.04. The van der Waals surface area contributed by atoms with Gasteiger partial charge in [-0.2, -0.15) is 0 Å². The molecule has 0 aliphatic carbocycles. The molecule has 2 aliphatic rings. The van der Waals surface area contributed by atoms with Crippen LogP contribution < -0.4 is 4.74 Å². The van der Waals surface area contributed by atoms with Crippen molar-refractivity contribution < 1.29 is 39.0 Å². The molecule has 0 amide bonds. The Morgan fingerprint density at radius 3 is 2.42 bits per heavy atom. The first kappa shape index (κ1) is 22.1. The Balaban J connectivity index is 1.48. The zero-order chi connectivity index (χ0) is 22.0. The number of hydrogen-bond acceptors (Lipinski definition) is 7. The van der Waals surface area contributed by atoms with Gasteiger partial charge in [0.2, 0.25) is 0 Å². The molecule has 4 N–H and O–H groups in total. The van der Waals surface area contributed by atoms with Gasteiger partial charge in [-0.15, -0.1) is 0 Å².